The summed E-state index contributed by atoms with van der Waals surface area (Å²) in [4.78, 5) is 10.6. The molecule has 4 nitrogen and oxygen atoms in total. The Morgan fingerprint density at radius 1 is 1.27 bits per heavy atom. The van der Waals surface area contributed by atoms with Crippen LogP contribution in [0, 0.1) is 11.8 Å². The van der Waals surface area contributed by atoms with Crippen LogP contribution in [0.3, 0.4) is 0 Å². The Morgan fingerprint density at radius 3 is 2.67 bits per heavy atom. The van der Waals surface area contributed by atoms with Crippen molar-refractivity contribution in [3.63, 3.8) is 0 Å². The lowest BCUT2D eigenvalue weighted by Crippen LogP contribution is -2.26. The van der Waals surface area contributed by atoms with Gasteiger partial charge in [0.25, 0.3) is 0 Å². The summed E-state index contributed by atoms with van der Waals surface area (Å²) < 4.78 is 0. The van der Waals surface area contributed by atoms with E-state index in [1.807, 2.05) is 0 Å². The molecule has 0 aromatic carbocycles. The molecule has 2 saturated heterocycles. The van der Waals surface area contributed by atoms with E-state index < -0.39 is 0 Å². The van der Waals surface area contributed by atoms with E-state index in [0.29, 0.717) is 5.15 Å². The van der Waals surface area contributed by atoms with Crippen molar-refractivity contribution in [2.24, 2.45) is 11.8 Å². The zero-order valence-electron chi connectivity index (χ0n) is 8.36. The number of halogens is 1. The standard InChI is InChI=1S/C10H13ClN4/c11-9-3-13-4-10(14-9)15-5-7-1-12-2-8(7)6-15/h3-4,7-8,12H,1-2,5-6H2. The number of nitrogens with one attached hydrogen (secondary N) is 1. The van der Waals surface area contributed by atoms with Crippen molar-refractivity contribution in [2.75, 3.05) is 31.1 Å². The lowest BCUT2D eigenvalue weighted by Gasteiger charge is -2.17. The van der Waals surface area contributed by atoms with E-state index in [4.69, 9.17) is 11.6 Å². The van der Waals surface area contributed by atoms with Crippen LogP contribution >= 0.6 is 11.6 Å². The number of hydrogen-bond acceptors (Lipinski definition) is 4. The molecule has 2 aliphatic heterocycles. The topological polar surface area (TPSA) is 41.1 Å². The van der Waals surface area contributed by atoms with Gasteiger partial charge in [0, 0.05) is 26.2 Å². The Morgan fingerprint density at radius 2 is 2.00 bits per heavy atom. The molecule has 15 heavy (non-hydrogen) atoms. The molecule has 2 aliphatic rings. The maximum atomic E-state index is 5.83. The molecule has 2 unspecified atom stereocenters. The van der Waals surface area contributed by atoms with Gasteiger partial charge in [0.2, 0.25) is 0 Å². The minimum Gasteiger partial charge on any atom is -0.355 e. The number of hydrogen-bond donors (Lipinski definition) is 1. The predicted molar refractivity (Wildman–Crippen MR) is 59.1 cm³/mol. The maximum absolute atomic E-state index is 5.83. The second-order valence-electron chi connectivity index (χ2n) is 4.28. The number of nitrogens with zero attached hydrogens (tertiary/aromatic N) is 3. The van der Waals surface area contributed by atoms with Gasteiger partial charge in [-0.25, -0.2) is 4.98 Å². The second-order valence-corrected chi connectivity index (χ2v) is 4.67. The molecule has 5 heteroatoms. The van der Waals surface area contributed by atoms with Crippen LogP contribution in [0.4, 0.5) is 5.82 Å². The molecule has 1 N–H and O–H groups in total. The Kier molecular flexibility index (Phi) is 2.25. The average Bonchev–Trinajstić information content (AvgIpc) is 2.76. The fourth-order valence-electron chi connectivity index (χ4n) is 2.53. The number of rotatable bonds is 1. The highest BCUT2D eigenvalue weighted by atomic mass is 35.5. The van der Waals surface area contributed by atoms with E-state index in [9.17, 15) is 0 Å². The quantitative estimate of drug-likeness (QED) is 0.766. The molecule has 0 aliphatic carbocycles. The Balaban J connectivity index is 1.79. The van der Waals surface area contributed by atoms with Gasteiger partial charge in [0.15, 0.2) is 0 Å². The summed E-state index contributed by atoms with van der Waals surface area (Å²) in [5.74, 6) is 2.45. The van der Waals surface area contributed by atoms with Crippen molar-refractivity contribution in [2.45, 2.75) is 0 Å². The summed E-state index contributed by atoms with van der Waals surface area (Å²) in [6.45, 7) is 4.42. The highest BCUT2D eigenvalue weighted by Gasteiger charge is 2.36. The largest absolute Gasteiger partial charge is 0.355 e. The van der Waals surface area contributed by atoms with E-state index in [1.165, 1.54) is 0 Å². The molecular formula is C10H13ClN4. The Bertz CT molecular complexity index is 358. The van der Waals surface area contributed by atoms with Gasteiger partial charge in [-0.15, -0.1) is 0 Å². The normalized spacial score (nSPS) is 29.5. The molecule has 1 aromatic heterocycles. The number of aromatic nitrogens is 2. The van der Waals surface area contributed by atoms with Crippen molar-refractivity contribution < 1.29 is 0 Å². The van der Waals surface area contributed by atoms with Crippen LogP contribution < -0.4 is 10.2 Å². The highest BCUT2D eigenvalue weighted by molar-refractivity contribution is 6.29. The van der Waals surface area contributed by atoms with E-state index in [0.717, 1.165) is 43.8 Å². The van der Waals surface area contributed by atoms with Crippen molar-refractivity contribution in [1.82, 2.24) is 15.3 Å². The van der Waals surface area contributed by atoms with Gasteiger partial charge in [0.05, 0.1) is 12.4 Å². The van der Waals surface area contributed by atoms with Crippen LogP contribution in [0.15, 0.2) is 12.4 Å². The van der Waals surface area contributed by atoms with Crippen LogP contribution in [-0.2, 0) is 0 Å². The molecule has 0 bridgehead atoms. The van der Waals surface area contributed by atoms with Gasteiger partial charge in [-0.1, -0.05) is 11.6 Å². The van der Waals surface area contributed by atoms with E-state index >= 15 is 0 Å². The lowest BCUT2D eigenvalue weighted by molar-refractivity contribution is 0.533. The van der Waals surface area contributed by atoms with Gasteiger partial charge in [-0.3, -0.25) is 4.98 Å². The van der Waals surface area contributed by atoms with Crippen LogP contribution in [0.5, 0.6) is 0 Å². The van der Waals surface area contributed by atoms with Gasteiger partial charge in [-0.2, -0.15) is 0 Å². The first-order chi connectivity index (χ1) is 7.33. The van der Waals surface area contributed by atoms with Gasteiger partial charge < -0.3 is 10.2 Å². The number of fused-ring (bicyclic) bond motifs is 1. The summed E-state index contributed by atoms with van der Waals surface area (Å²) >= 11 is 5.83. The van der Waals surface area contributed by atoms with Crippen molar-refractivity contribution >= 4 is 17.4 Å². The summed E-state index contributed by atoms with van der Waals surface area (Å²) in [5.41, 5.74) is 0. The first-order valence-electron chi connectivity index (χ1n) is 5.26. The fourth-order valence-corrected chi connectivity index (χ4v) is 2.67. The van der Waals surface area contributed by atoms with Crippen molar-refractivity contribution in [3.05, 3.63) is 17.5 Å². The van der Waals surface area contributed by atoms with Gasteiger partial charge in [-0.05, 0) is 11.8 Å². The van der Waals surface area contributed by atoms with Crippen LogP contribution in [0.25, 0.3) is 0 Å². The first-order valence-corrected chi connectivity index (χ1v) is 5.64. The third-order valence-corrected chi connectivity index (χ3v) is 3.49. The Hall–Kier alpha value is -0.870. The molecule has 80 valence electrons. The fraction of sp³-hybridized carbons (Fsp3) is 0.600. The SMILES string of the molecule is Clc1cncc(N2CC3CNCC3C2)n1. The molecule has 0 amide bonds. The third kappa shape index (κ3) is 1.68. The summed E-state index contributed by atoms with van der Waals surface area (Å²) in [7, 11) is 0. The zero-order valence-corrected chi connectivity index (χ0v) is 9.11. The maximum Gasteiger partial charge on any atom is 0.149 e. The first kappa shape index (κ1) is 9.36. The molecule has 0 radical (unpaired) electrons. The zero-order chi connectivity index (χ0) is 10.3. The summed E-state index contributed by atoms with van der Waals surface area (Å²) in [6, 6.07) is 0. The molecule has 3 heterocycles. The minimum atomic E-state index is 0.475. The Labute approximate surface area is 93.7 Å². The van der Waals surface area contributed by atoms with E-state index in [2.05, 4.69) is 20.2 Å². The van der Waals surface area contributed by atoms with Crippen LogP contribution in [-0.4, -0.2) is 36.1 Å². The van der Waals surface area contributed by atoms with Crippen LogP contribution in [0.1, 0.15) is 0 Å². The highest BCUT2D eigenvalue weighted by Crippen LogP contribution is 2.29. The molecular weight excluding hydrogens is 212 g/mol. The van der Waals surface area contributed by atoms with E-state index in [-0.39, 0.29) is 0 Å². The molecule has 0 spiro atoms. The van der Waals surface area contributed by atoms with Crippen molar-refractivity contribution in [3.8, 4) is 0 Å². The van der Waals surface area contributed by atoms with Gasteiger partial charge >= 0.3 is 0 Å². The third-order valence-electron chi connectivity index (χ3n) is 3.31. The van der Waals surface area contributed by atoms with Gasteiger partial charge in [0.1, 0.15) is 11.0 Å². The molecule has 2 fully saturated rings. The average molecular weight is 225 g/mol. The lowest BCUT2D eigenvalue weighted by atomic mass is 10.0. The smallest absolute Gasteiger partial charge is 0.149 e. The molecule has 2 atom stereocenters. The summed E-state index contributed by atoms with van der Waals surface area (Å²) in [6.07, 6.45) is 3.36. The van der Waals surface area contributed by atoms with Crippen LogP contribution in [0.2, 0.25) is 5.15 Å². The number of anilines is 1. The summed E-state index contributed by atoms with van der Waals surface area (Å²) in [5, 5.41) is 3.89. The minimum absolute atomic E-state index is 0.475. The monoisotopic (exact) mass is 224 g/mol. The van der Waals surface area contributed by atoms with E-state index in [1.54, 1.807) is 12.4 Å². The predicted octanol–water partition coefficient (Wildman–Crippen LogP) is 0.786. The molecule has 3 rings (SSSR count). The molecule has 1 aromatic rings. The second kappa shape index (κ2) is 3.61. The van der Waals surface area contributed by atoms with Crippen molar-refractivity contribution in [1.29, 1.82) is 0 Å². The molecule has 0 saturated carbocycles.